The van der Waals surface area contributed by atoms with Crippen LogP contribution < -0.4 is 10.9 Å². The van der Waals surface area contributed by atoms with Gasteiger partial charge in [-0.25, -0.2) is 4.98 Å². The minimum absolute atomic E-state index is 0.0501. The number of fused-ring (bicyclic) bond motifs is 1. The summed E-state index contributed by atoms with van der Waals surface area (Å²) in [6, 6.07) is 19.1. The number of carbonyl (C=O) groups is 1. The Hall–Kier alpha value is -2.61. The first-order valence-corrected chi connectivity index (χ1v) is 12.5. The van der Waals surface area contributed by atoms with Crippen LogP contribution in [0.25, 0.3) is 15.9 Å². The highest BCUT2D eigenvalue weighted by molar-refractivity contribution is 7.99. The molecule has 32 heavy (non-hydrogen) atoms. The van der Waals surface area contributed by atoms with Crippen LogP contribution in [0.4, 0.5) is 0 Å². The molecule has 0 spiro atoms. The maximum atomic E-state index is 13.1. The molecule has 2 heterocycles. The Labute approximate surface area is 199 Å². The van der Waals surface area contributed by atoms with Crippen LogP contribution in [-0.4, -0.2) is 27.3 Å². The molecule has 164 valence electrons. The molecule has 8 heteroatoms. The molecule has 0 saturated heterocycles. The number of carbonyl (C=O) groups excluding carboxylic acids is 1. The van der Waals surface area contributed by atoms with E-state index in [2.05, 4.69) is 22.4 Å². The van der Waals surface area contributed by atoms with Crippen LogP contribution in [0.15, 0.2) is 76.0 Å². The number of thioether (sulfide) groups is 1. The SMILES string of the molecule is CC(CCc1ccccc1)NC(=O)CSc1nc2ccsc2c(=O)n1-c1ccc(Cl)cc1. The number of nitrogens with one attached hydrogen (secondary N) is 1. The number of benzene rings is 2. The lowest BCUT2D eigenvalue weighted by atomic mass is 10.1. The molecule has 0 fully saturated rings. The molecule has 0 aliphatic heterocycles. The molecule has 4 aromatic rings. The van der Waals surface area contributed by atoms with Crippen LogP contribution >= 0.6 is 34.7 Å². The third-order valence-corrected chi connectivity index (χ3v) is 7.06. The number of halogens is 1. The summed E-state index contributed by atoms with van der Waals surface area (Å²) in [6.07, 6.45) is 1.76. The van der Waals surface area contributed by atoms with E-state index in [0.29, 0.717) is 26.1 Å². The number of nitrogens with zero attached hydrogens (tertiary/aromatic N) is 2. The fourth-order valence-corrected chi connectivity index (χ4v) is 5.06. The van der Waals surface area contributed by atoms with E-state index in [1.165, 1.54) is 28.7 Å². The molecule has 5 nitrogen and oxygen atoms in total. The van der Waals surface area contributed by atoms with Crippen molar-refractivity contribution >= 4 is 50.8 Å². The van der Waals surface area contributed by atoms with Crippen molar-refractivity contribution in [3.8, 4) is 5.69 Å². The van der Waals surface area contributed by atoms with Gasteiger partial charge in [0.15, 0.2) is 5.16 Å². The van der Waals surface area contributed by atoms with Crippen LogP contribution in [0.2, 0.25) is 5.02 Å². The zero-order valence-corrected chi connectivity index (χ0v) is 19.8. The van der Waals surface area contributed by atoms with Crippen LogP contribution in [0.1, 0.15) is 18.9 Å². The van der Waals surface area contributed by atoms with Crippen molar-refractivity contribution in [2.24, 2.45) is 0 Å². The van der Waals surface area contributed by atoms with Crippen molar-refractivity contribution in [3.63, 3.8) is 0 Å². The van der Waals surface area contributed by atoms with Gasteiger partial charge in [0.1, 0.15) is 4.70 Å². The lowest BCUT2D eigenvalue weighted by Crippen LogP contribution is -2.34. The fraction of sp³-hybridized carbons (Fsp3) is 0.208. The zero-order chi connectivity index (χ0) is 22.5. The third-order valence-electron chi connectivity index (χ3n) is 4.98. The molecule has 0 saturated carbocycles. The Morgan fingerprint density at radius 2 is 1.91 bits per heavy atom. The highest BCUT2D eigenvalue weighted by Gasteiger charge is 2.16. The first-order valence-electron chi connectivity index (χ1n) is 10.2. The molecule has 2 aromatic heterocycles. The zero-order valence-electron chi connectivity index (χ0n) is 17.5. The predicted octanol–water partition coefficient (Wildman–Crippen LogP) is 5.33. The van der Waals surface area contributed by atoms with Gasteiger partial charge in [0.2, 0.25) is 5.91 Å². The van der Waals surface area contributed by atoms with Gasteiger partial charge in [0, 0.05) is 11.1 Å². The van der Waals surface area contributed by atoms with E-state index in [1.54, 1.807) is 28.8 Å². The van der Waals surface area contributed by atoms with Crippen molar-refractivity contribution in [2.75, 3.05) is 5.75 Å². The average Bonchev–Trinajstić information content (AvgIpc) is 3.27. The van der Waals surface area contributed by atoms with E-state index in [4.69, 9.17) is 11.6 Å². The normalized spacial score (nSPS) is 12.1. The van der Waals surface area contributed by atoms with E-state index in [9.17, 15) is 9.59 Å². The summed E-state index contributed by atoms with van der Waals surface area (Å²) in [7, 11) is 0. The average molecular weight is 484 g/mol. The summed E-state index contributed by atoms with van der Waals surface area (Å²) in [5.74, 6) is 0.0867. The fourth-order valence-electron chi connectivity index (χ4n) is 3.35. The van der Waals surface area contributed by atoms with Gasteiger partial charge in [0.25, 0.3) is 5.56 Å². The number of rotatable bonds is 8. The standard InChI is InChI=1S/C24H22ClN3O2S2/c1-16(7-8-17-5-3-2-4-6-17)26-21(29)15-32-24-27-20-13-14-31-22(20)23(30)28(24)19-11-9-18(25)10-12-19/h2-6,9-14,16H,7-8,15H2,1H3,(H,26,29). The number of hydrogen-bond donors (Lipinski definition) is 1. The van der Waals surface area contributed by atoms with Crippen molar-refractivity contribution in [1.82, 2.24) is 14.9 Å². The Kier molecular flexibility index (Phi) is 7.29. The molecule has 1 atom stereocenters. The quantitative estimate of drug-likeness (QED) is 0.272. The van der Waals surface area contributed by atoms with Gasteiger partial charge in [-0.15, -0.1) is 11.3 Å². The second-order valence-corrected chi connectivity index (χ2v) is 9.72. The maximum Gasteiger partial charge on any atom is 0.276 e. The third kappa shape index (κ3) is 5.41. The number of aromatic nitrogens is 2. The minimum Gasteiger partial charge on any atom is -0.353 e. The molecular formula is C24H22ClN3O2S2. The molecule has 1 N–H and O–H groups in total. The summed E-state index contributed by atoms with van der Waals surface area (Å²) < 4.78 is 2.13. The van der Waals surface area contributed by atoms with Gasteiger partial charge in [-0.05, 0) is 61.0 Å². The molecule has 1 unspecified atom stereocenters. The molecule has 2 aromatic carbocycles. The van der Waals surface area contributed by atoms with E-state index >= 15 is 0 Å². The van der Waals surface area contributed by atoms with Crippen molar-refractivity contribution < 1.29 is 4.79 Å². The number of amides is 1. The van der Waals surface area contributed by atoms with Crippen molar-refractivity contribution in [2.45, 2.75) is 31.0 Å². The lowest BCUT2D eigenvalue weighted by Gasteiger charge is -2.15. The van der Waals surface area contributed by atoms with E-state index in [0.717, 1.165) is 12.8 Å². The molecular weight excluding hydrogens is 462 g/mol. The Balaban J connectivity index is 1.46. The topological polar surface area (TPSA) is 64.0 Å². The van der Waals surface area contributed by atoms with Gasteiger partial charge >= 0.3 is 0 Å². The van der Waals surface area contributed by atoms with Gasteiger partial charge in [0.05, 0.1) is 17.0 Å². The molecule has 0 bridgehead atoms. The van der Waals surface area contributed by atoms with Crippen LogP contribution in [-0.2, 0) is 11.2 Å². The Bertz CT molecular complexity index is 1270. The van der Waals surface area contributed by atoms with Crippen LogP contribution in [0, 0.1) is 0 Å². The summed E-state index contributed by atoms with van der Waals surface area (Å²) in [5, 5.41) is 5.96. The summed E-state index contributed by atoms with van der Waals surface area (Å²) in [5.41, 5.74) is 2.42. The van der Waals surface area contributed by atoms with Crippen molar-refractivity contribution in [1.29, 1.82) is 0 Å². The Morgan fingerprint density at radius 3 is 2.66 bits per heavy atom. The number of hydrogen-bond acceptors (Lipinski definition) is 5. The molecule has 0 radical (unpaired) electrons. The Morgan fingerprint density at radius 1 is 1.16 bits per heavy atom. The minimum atomic E-state index is -0.147. The molecule has 4 rings (SSSR count). The monoisotopic (exact) mass is 483 g/mol. The maximum absolute atomic E-state index is 13.1. The molecule has 0 aliphatic rings. The van der Waals surface area contributed by atoms with Gasteiger partial charge < -0.3 is 5.32 Å². The van der Waals surface area contributed by atoms with E-state index in [1.807, 2.05) is 36.6 Å². The summed E-state index contributed by atoms with van der Waals surface area (Å²) >= 11 is 8.63. The summed E-state index contributed by atoms with van der Waals surface area (Å²) in [6.45, 7) is 2.00. The predicted molar refractivity (Wildman–Crippen MR) is 133 cm³/mol. The first kappa shape index (κ1) is 22.6. The number of aryl methyl sites for hydroxylation is 1. The molecule has 1 amide bonds. The van der Waals surface area contributed by atoms with E-state index in [-0.39, 0.29) is 23.3 Å². The second-order valence-electron chi connectivity index (χ2n) is 7.43. The van der Waals surface area contributed by atoms with Crippen LogP contribution in [0.3, 0.4) is 0 Å². The van der Waals surface area contributed by atoms with Crippen molar-refractivity contribution in [3.05, 3.63) is 87.0 Å². The molecule has 0 aliphatic carbocycles. The lowest BCUT2D eigenvalue weighted by molar-refractivity contribution is -0.119. The van der Waals surface area contributed by atoms with Crippen LogP contribution in [0.5, 0.6) is 0 Å². The highest BCUT2D eigenvalue weighted by Crippen LogP contribution is 2.24. The number of thiophene rings is 1. The first-order chi connectivity index (χ1) is 15.5. The highest BCUT2D eigenvalue weighted by atomic mass is 35.5. The van der Waals surface area contributed by atoms with Gasteiger partial charge in [-0.1, -0.05) is 53.7 Å². The van der Waals surface area contributed by atoms with E-state index < -0.39 is 0 Å². The van der Waals surface area contributed by atoms with Gasteiger partial charge in [-0.2, -0.15) is 0 Å². The smallest absolute Gasteiger partial charge is 0.276 e. The summed E-state index contributed by atoms with van der Waals surface area (Å²) in [4.78, 5) is 30.3. The largest absolute Gasteiger partial charge is 0.353 e. The second kappa shape index (κ2) is 10.3. The van der Waals surface area contributed by atoms with Gasteiger partial charge in [-0.3, -0.25) is 14.2 Å².